The van der Waals surface area contributed by atoms with Gasteiger partial charge in [0.15, 0.2) is 0 Å². The molecule has 5 heteroatoms. The lowest BCUT2D eigenvalue weighted by Gasteiger charge is -2.31. The summed E-state index contributed by atoms with van der Waals surface area (Å²) in [4.78, 5) is 27.9. The molecule has 0 saturated heterocycles. The Labute approximate surface area is 166 Å². The number of carboxylic acid groups (broad SMARTS) is 1. The van der Waals surface area contributed by atoms with Gasteiger partial charge in [0.25, 0.3) is 0 Å². The molecule has 1 N–H and O–H groups in total. The summed E-state index contributed by atoms with van der Waals surface area (Å²) in [5.74, 6) is 6.10. The van der Waals surface area contributed by atoms with E-state index in [1.165, 1.54) is 11.3 Å². The molecule has 1 aromatic heterocycles. The molecule has 0 unspecified atom stereocenters. The van der Waals surface area contributed by atoms with Gasteiger partial charge in [-0.05, 0) is 71.3 Å². The highest BCUT2D eigenvalue weighted by Crippen LogP contribution is 2.40. The van der Waals surface area contributed by atoms with E-state index in [4.69, 9.17) is 0 Å². The van der Waals surface area contributed by atoms with Crippen molar-refractivity contribution in [2.24, 2.45) is 17.3 Å². The third kappa shape index (κ3) is 4.93. The van der Waals surface area contributed by atoms with Gasteiger partial charge in [-0.1, -0.05) is 18.8 Å². The van der Waals surface area contributed by atoms with E-state index in [9.17, 15) is 14.7 Å². The molecule has 146 valence electrons. The highest BCUT2D eigenvalue weighted by atomic mass is 32.1. The smallest absolute Gasteiger partial charge is 0.348 e. The van der Waals surface area contributed by atoms with E-state index in [-0.39, 0.29) is 28.2 Å². The molecule has 4 nitrogen and oxygen atoms in total. The molecule has 1 amide bonds. The predicted molar refractivity (Wildman–Crippen MR) is 109 cm³/mol. The van der Waals surface area contributed by atoms with Crippen LogP contribution in [0.15, 0.2) is 6.07 Å². The number of carbonyl (C=O) groups is 2. The second kappa shape index (κ2) is 7.67. The van der Waals surface area contributed by atoms with Crippen LogP contribution in [-0.2, 0) is 4.79 Å². The fraction of sp³-hybridized carbons (Fsp3) is 0.636. The molecular weight excluding hydrogens is 358 g/mol. The molecule has 2 aliphatic rings. The molecule has 3 rings (SSSR count). The molecular formula is C22H29NO3S. The van der Waals surface area contributed by atoms with Gasteiger partial charge in [-0.25, -0.2) is 4.79 Å². The van der Waals surface area contributed by atoms with Crippen molar-refractivity contribution in [3.8, 4) is 11.8 Å². The highest BCUT2D eigenvalue weighted by molar-refractivity contribution is 7.15. The second-order valence-corrected chi connectivity index (χ2v) is 10.1. The average molecular weight is 388 g/mol. The van der Waals surface area contributed by atoms with Gasteiger partial charge in [0.05, 0.1) is 10.6 Å². The number of hydrogen-bond donors (Lipinski definition) is 1. The molecule has 2 aliphatic carbocycles. The number of carbonyl (C=O) groups excluding carboxylic acids is 1. The van der Waals surface area contributed by atoms with E-state index < -0.39 is 5.97 Å². The minimum atomic E-state index is -0.977. The predicted octanol–water partition coefficient (Wildman–Crippen LogP) is 5.17. The van der Waals surface area contributed by atoms with Crippen LogP contribution in [0.3, 0.4) is 0 Å². The number of rotatable bonds is 4. The Hall–Kier alpha value is -1.80. The second-order valence-electron chi connectivity index (χ2n) is 9.03. The molecule has 0 atom stereocenters. The number of hydrogen-bond acceptors (Lipinski definition) is 3. The molecule has 27 heavy (non-hydrogen) atoms. The van der Waals surface area contributed by atoms with Crippen molar-refractivity contribution in [3.05, 3.63) is 15.8 Å². The van der Waals surface area contributed by atoms with Crippen LogP contribution in [0.2, 0.25) is 0 Å². The normalized spacial score (nSPS) is 22.7. The van der Waals surface area contributed by atoms with Crippen molar-refractivity contribution in [1.29, 1.82) is 0 Å². The fourth-order valence-corrected chi connectivity index (χ4v) is 4.40. The maximum atomic E-state index is 13.3. The molecule has 0 radical (unpaired) electrons. The van der Waals surface area contributed by atoms with Crippen LogP contribution >= 0.6 is 11.3 Å². The number of anilines is 1. The molecule has 0 bridgehead atoms. The van der Waals surface area contributed by atoms with Crippen LogP contribution < -0.4 is 4.90 Å². The number of nitrogens with zero attached hydrogens (tertiary/aromatic N) is 1. The molecule has 1 heterocycles. The number of aromatic carboxylic acids is 1. The third-order valence-electron chi connectivity index (χ3n) is 5.24. The lowest BCUT2D eigenvalue weighted by Crippen LogP contribution is -2.39. The van der Waals surface area contributed by atoms with Crippen molar-refractivity contribution in [2.45, 2.75) is 72.3 Å². The van der Waals surface area contributed by atoms with Gasteiger partial charge < -0.3 is 10.0 Å². The van der Waals surface area contributed by atoms with E-state index in [2.05, 4.69) is 18.8 Å². The molecule has 2 saturated carbocycles. The Morgan fingerprint density at radius 3 is 2.30 bits per heavy atom. The van der Waals surface area contributed by atoms with E-state index in [1.54, 1.807) is 4.90 Å². The van der Waals surface area contributed by atoms with Gasteiger partial charge in [-0.2, -0.15) is 0 Å². The first-order valence-electron chi connectivity index (χ1n) is 9.89. The van der Waals surface area contributed by atoms with Crippen LogP contribution in [0.1, 0.15) is 80.8 Å². The van der Waals surface area contributed by atoms with Gasteiger partial charge in [-0.15, -0.1) is 11.3 Å². The van der Waals surface area contributed by atoms with Crippen LogP contribution in [0.25, 0.3) is 0 Å². The van der Waals surface area contributed by atoms with Gasteiger partial charge in [0, 0.05) is 17.4 Å². The van der Waals surface area contributed by atoms with Crippen LogP contribution in [0.4, 0.5) is 5.69 Å². The third-order valence-corrected chi connectivity index (χ3v) is 6.27. The number of carboxylic acids is 1. The van der Waals surface area contributed by atoms with Gasteiger partial charge in [-0.3, -0.25) is 4.79 Å². The lowest BCUT2D eigenvalue weighted by molar-refractivity contribution is -0.123. The first kappa shape index (κ1) is 19.9. The summed E-state index contributed by atoms with van der Waals surface area (Å²) in [6.45, 7) is 8.31. The van der Waals surface area contributed by atoms with E-state index >= 15 is 0 Å². The van der Waals surface area contributed by atoms with Crippen molar-refractivity contribution < 1.29 is 14.7 Å². The molecule has 1 aromatic rings. The minimum Gasteiger partial charge on any atom is -0.477 e. The largest absolute Gasteiger partial charge is 0.477 e. The summed E-state index contributed by atoms with van der Waals surface area (Å²) >= 11 is 1.18. The zero-order valence-corrected chi connectivity index (χ0v) is 17.5. The Bertz CT molecular complexity index is 781. The summed E-state index contributed by atoms with van der Waals surface area (Å²) in [6, 6.07) is 1.96. The van der Waals surface area contributed by atoms with Gasteiger partial charge >= 0.3 is 5.97 Å². The van der Waals surface area contributed by atoms with Crippen molar-refractivity contribution in [1.82, 2.24) is 0 Å². The summed E-state index contributed by atoms with van der Waals surface area (Å²) in [7, 11) is 0. The fourth-order valence-electron chi connectivity index (χ4n) is 3.56. The Morgan fingerprint density at radius 2 is 1.78 bits per heavy atom. The zero-order chi connectivity index (χ0) is 19.8. The summed E-state index contributed by atoms with van der Waals surface area (Å²) < 4.78 is 0. The quantitative estimate of drug-likeness (QED) is 0.726. The lowest BCUT2D eigenvalue weighted by atomic mass is 9.82. The van der Waals surface area contributed by atoms with Crippen LogP contribution in [-0.4, -0.2) is 23.0 Å². The average Bonchev–Trinajstić information content (AvgIpc) is 3.32. The van der Waals surface area contributed by atoms with Crippen molar-refractivity contribution >= 4 is 28.9 Å². The van der Waals surface area contributed by atoms with Gasteiger partial charge in [0.2, 0.25) is 5.91 Å². The van der Waals surface area contributed by atoms with Crippen LogP contribution in [0, 0.1) is 29.1 Å². The van der Waals surface area contributed by atoms with E-state index in [0.717, 1.165) is 38.5 Å². The minimum absolute atomic E-state index is 0.0208. The van der Waals surface area contributed by atoms with E-state index in [0.29, 0.717) is 16.5 Å². The topological polar surface area (TPSA) is 57.6 Å². The standard InChI is InChI=1S/C22H29NO3S/c1-14-5-7-15(8-6-14)20(24)23(16-9-10-16)18-13-17(11-12-22(2,3)4)27-19(18)21(25)26/h13-16H,5-10H2,1-4H3,(H,25,26). The zero-order valence-electron chi connectivity index (χ0n) is 16.7. The summed E-state index contributed by atoms with van der Waals surface area (Å²) in [5.41, 5.74) is 0.398. The van der Waals surface area contributed by atoms with E-state index in [1.807, 2.05) is 26.8 Å². The molecule has 0 aromatic carbocycles. The Balaban J connectivity index is 1.92. The maximum Gasteiger partial charge on any atom is 0.348 e. The first-order valence-corrected chi connectivity index (χ1v) is 10.7. The van der Waals surface area contributed by atoms with Crippen molar-refractivity contribution in [2.75, 3.05) is 4.90 Å². The first-order chi connectivity index (χ1) is 12.7. The SMILES string of the molecule is CC1CCC(C(=O)N(c2cc(C#CC(C)(C)C)sc2C(=O)O)C2CC2)CC1. The molecule has 0 aliphatic heterocycles. The number of thiophene rings is 1. The van der Waals surface area contributed by atoms with Crippen LogP contribution in [0.5, 0.6) is 0 Å². The molecule has 0 spiro atoms. The Kier molecular flexibility index (Phi) is 5.67. The Morgan fingerprint density at radius 1 is 1.15 bits per heavy atom. The summed E-state index contributed by atoms with van der Waals surface area (Å²) in [5, 5.41) is 9.71. The molecule has 2 fully saturated rings. The highest BCUT2D eigenvalue weighted by Gasteiger charge is 2.40. The monoisotopic (exact) mass is 387 g/mol. The van der Waals surface area contributed by atoms with Gasteiger partial charge in [0.1, 0.15) is 4.88 Å². The van der Waals surface area contributed by atoms with Crippen molar-refractivity contribution in [3.63, 3.8) is 0 Å². The summed E-state index contributed by atoms with van der Waals surface area (Å²) in [6.07, 6.45) is 5.87. The maximum absolute atomic E-state index is 13.3. The number of amides is 1.